The molecule has 2 heterocycles. The van der Waals surface area contributed by atoms with Crippen molar-refractivity contribution in [2.24, 2.45) is 0 Å². The first-order valence-electron chi connectivity index (χ1n) is 9.18. The first kappa shape index (κ1) is 21.3. The van der Waals surface area contributed by atoms with Gasteiger partial charge >= 0.3 is 0 Å². The first-order valence-corrected chi connectivity index (χ1v) is 11.0. The third-order valence-electron chi connectivity index (χ3n) is 4.51. The molecule has 6 nitrogen and oxygen atoms in total. The van der Waals surface area contributed by atoms with E-state index >= 15 is 0 Å². The maximum Gasteiger partial charge on any atom is 0.251 e. The second-order valence-electron chi connectivity index (χ2n) is 6.52. The molecule has 0 saturated carbocycles. The molecule has 0 aliphatic rings. The molecule has 0 spiro atoms. The molecular weight excluding hydrogens is 406 g/mol. The molecule has 0 atom stereocenters. The molecule has 1 aromatic carbocycles. The van der Waals surface area contributed by atoms with Gasteiger partial charge in [-0.15, -0.1) is 17.9 Å². The lowest BCUT2D eigenvalue weighted by Crippen LogP contribution is -2.26. The van der Waals surface area contributed by atoms with E-state index < -0.39 is 0 Å². The van der Waals surface area contributed by atoms with Crippen LogP contribution in [0.4, 0.5) is 0 Å². The minimum atomic E-state index is -0.207. The van der Waals surface area contributed by atoms with E-state index in [2.05, 4.69) is 16.9 Å². The number of carbonyl (C=O) groups is 1. The number of carbonyl (C=O) groups excluding carboxylic acids is 1. The van der Waals surface area contributed by atoms with E-state index in [1.54, 1.807) is 41.3 Å². The van der Waals surface area contributed by atoms with Crippen LogP contribution in [0.3, 0.4) is 0 Å². The Bertz CT molecular complexity index is 1100. The summed E-state index contributed by atoms with van der Waals surface area (Å²) in [6.45, 7) is 8.35. The number of hydrogen-bond donors (Lipinski definition) is 2. The lowest BCUT2D eigenvalue weighted by molar-refractivity contribution is 0.0945. The van der Waals surface area contributed by atoms with Crippen molar-refractivity contribution in [1.82, 2.24) is 14.9 Å². The van der Waals surface area contributed by atoms with Gasteiger partial charge in [-0.2, -0.15) is 0 Å². The lowest BCUT2D eigenvalue weighted by Gasteiger charge is -2.07. The highest BCUT2D eigenvalue weighted by Gasteiger charge is 2.16. The summed E-state index contributed by atoms with van der Waals surface area (Å²) in [6.07, 6.45) is 1.80. The van der Waals surface area contributed by atoms with E-state index in [0.29, 0.717) is 23.4 Å². The molecule has 0 bridgehead atoms. The number of thioether (sulfide) groups is 1. The van der Waals surface area contributed by atoms with Crippen molar-refractivity contribution in [1.29, 1.82) is 0 Å². The average molecular weight is 430 g/mol. The highest BCUT2D eigenvalue weighted by atomic mass is 32.2. The van der Waals surface area contributed by atoms with Gasteiger partial charge in [0, 0.05) is 34.8 Å². The van der Waals surface area contributed by atoms with Gasteiger partial charge in [-0.1, -0.05) is 30.0 Å². The van der Waals surface area contributed by atoms with Gasteiger partial charge in [-0.3, -0.25) is 9.59 Å². The zero-order valence-electron chi connectivity index (χ0n) is 16.4. The molecule has 3 aromatic rings. The van der Waals surface area contributed by atoms with E-state index in [9.17, 15) is 9.59 Å². The van der Waals surface area contributed by atoms with Crippen LogP contribution in [0.25, 0.3) is 10.3 Å². The molecule has 152 valence electrons. The predicted molar refractivity (Wildman–Crippen MR) is 119 cm³/mol. The fourth-order valence-corrected chi connectivity index (χ4v) is 4.87. The van der Waals surface area contributed by atoms with Crippen molar-refractivity contribution in [2.75, 3.05) is 13.2 Å². The Morgan fingerprint density at radius 3 is 2.72 bits per heavy atom. The van der Waals surface area contributed by atoms with Crippen LogP contribution in [-0.2, 0) is 12.3 Å². The van der Waals surface area contributed by atoms with Crippen LogP contribution in [0.15, 0.2) is 46.9 Å². The molecule has 2 N–H and O–H groups in total. The third kappa shape index (κ3) is 4.60. The number of hydrogen-bond acceptors (Lipinski definition) is 6. The van der Waals surface area contributed by atoms with Crippen molar-refractivity contribution >= 4 is 39.4 Å². The molecule has 0 aliphatic heterocycles. The Hall–Kier alpha value is -2.42. The summed E-state index contributed by atoms with van der Waals surface area (Å²) in [5.74, 6) is 0.455. The molecular formula is C21H23N3O3S2. The molecule has 0 aliphatic carbocycles. The molecule has 0 saturated heterocycles. The SMILES string of the molecule is C=CCn1c(SCc2ccc(C(=O)NCCO)cc2)nc2c(=O)c(C)c(C)sc21. The summed E-state index contributed by atoms with van der Waals surface area (Å²) >= 11 is 3.13. The number of nitrogens with zero attached hydrogens (tertiary/aromatic N) is 2. The first-order chi connectivity index (χ1) is 14.0. The molecule has 2 aromatic heterocycles. The Morgan fingerprint density at radius 2 is 2.07 bits per heavy atom. The molecule has 3 rings (SSSR count). The van der Waals surface area contributed by atoms with E-state index in [1.165, 1.54) is 0 Å². The number of benzene rings is 1. The number of allylic oxidation sites excluding steroid dienone is 1. The number of rotatable bonds is 8. The summed E-state index contributed by atoms with van der Waals surface area (Å²) < 4.78 is 2.03. The van der Waals surface area contributed by atoms with Crippen LogP contribution in [0.1, 0.15) is 26.4 Å². The van der Waals surface area contributed by atoms with Gasteiger partial charge in [0.2, 0.25) is 5.43 Å². The summed E-state index contributed by atoms with van der Waals surface area (Å²) in [7, 11) is 0. The van der Waals surface area contributed by atoms with Crippen LogP contribution in [-0.4, -0.2) is 33.7 Å². The van der Waals surface area contributed by atoms with E-state index in [1.807, 2.05) is 30.5 Å². The highest BCUT2D eigenvalue weighted by molar-refractivity contribution is 7.98. The topological polar surface area (TPSA) is 84.2 Å². The Kier molecular flexibility index (Phi) is 6.89. The van der Waals surface area contributed by atoms with Gasteiger partial charge in [0.05, 0.1) is 6.61 Å². The average Bonchev–Trinajstić information content (AvgIpc) is 3.07. The zero-order valence-corrected chi connectivity index (χ0v) is 18.0. The van der Waals surface area contributed by atoms with Crippen LogP contribution in [0, 0.1) is 13.8 Å². The number of nitrogens with one attached hydrogen (secondary N) is 1. The van der Waals surface area contributed by atoms with Crippen LogP contribution in [0.2, 0.25) is 0 Å². The minimum Gasteiger partial charge on any atom is -0.395 e. The minimum absolute atomic E-state index is 0.0147. The quantitative estimate of drug-likeness (QED) is 0.424. The zero-order chi connectivity index (χ0) is 21.0. The number of imidazole rings is 1. The van der Waals surface area contributed by atoms with Crippen molar-refractivity contribution in [3.8, 4) is 0 Å². The highest BCUT2D eigenvalue weighted by Crippen LogP contribution is 2.29. The second kappa shape index (κ2) is 9.39. The maximum absolute atomic E-state index is 12.6. The molecule has 0 unspecified atom stereocenters. The maximum atomic E-state index is 12.6. The van der Waals surface area contributed by atoms with E-state index in [-0.39, 0.29) is 24.5 Å². The number of fused-ring (bicyclic) bond motifs is 1. The van der Waals surface area contributed by atoms with Gasteiger partial charge in [-0.05, 0) is 31.5 Å². The van der Waals surface area contributed by atoms with E-state index in [4.69, 9.17) is 5.11 Å². The van der Waals surface area contributed by atoms with Crippen LogP contribution < -0.4 is 10.7 Å². The van der Waals surface area contributed by atoms with E-state index in [0.717, 1.165) is 26.0 Å². The van der Waals surface area contributed by atoms with Gasteiger partial charge in [0.1, 0.15) is 10.3 Å². The molecule has 29 heavy (non-hydrogen) atoms. The van der Waals surface area contributed by atoms with Crippen molar-refractivity contribution < 1.29 is 9.90 Å². The monoisotopic (exact) mass is 429 g/mol. The van der Waals surface area contributed by atoms with Crippen molar-refractivity contribution in [2.45, 2.75) is 31.3 Å². The van der Waals surface area contributed by atoms with Gasteiger partial charge < -0.3 is 15.0 Å². The predicted octanol–water partition coefficient (Wildman–Crippen LogP) is 3.28. The largest absolute Gasteiger partial charge is 0.395 e. The van der Waals surface area contributed by atoms with Gasteiger partial charge in [-0.25, -0.2) is 4.98 Å². The van der Waals surface area contributed by atoms with Gasteiger partial charge in [0.15, 0.2) is 5.16 Å². The molecule has 0 radical (unpaired) electrons. The normalized spacial score (nSPS) is 11.0. The lowest BCUT2D eigenvalue weighted by atomic mass is 10.1. The summed E-state index contributed by atoms with van der Waals surface area (Å²) in [6, 6.07) is 7.33. The van der Waals surface area contributed by atoms with Crippen LogP contribution in [0.5, 0.6) is 0 Å². The third-order valence-corrected chi connectivity index (χ3v) is 6.78. The smallest absolute Gasteiger partial charge is 0.251 e. The Labute approximate surface area is 177 Å². The van der Waals surface area contributed by atoms with Crippen molar-refractivity contribution in [3.63, 3.8) is 0 Å². The summed E-state index contributed by atoms with van der Waals surface area (Å²) in [4.78, 5) is 31.0. The second-order valence-corrected chi connectivity index (χ2v) is 8.67. The fraction of sp³-hybridized carbons (Fsp3) is 0.286. The number of aromatic nitrogens is 2. The molecule has 0 fully saturated rings. The number of aryl methyl sites for hydroxylation is 1. The number of aliphatic hydroxyl groups excluding tert-OH is 1. The standard InChI is InChI=1S/C21H23N3O3S2/c1-4-10-24-20-17(18(26)13(2)14(3)29-20)23-21(24)28-12-15-5-7-16(8-6-15)19(27)22-9-11-25/h4-8,25H,1,9-12H2,2-3H3,(H,22,27). The van der Waals surface area contributed by atoms with Gasteiger partial charge in [0.25, 0.3) is 5.91 Å². The number of aliphatic hydroxyl groups is 1. The molecule has 1 amide bonds. The molecule has 8 heteroatoms. The summed E-state index contributed by atoms with van der Waals surface area (Å²) in [5, 5.41) is 12.2. The summed E-state index contributed by atoms with van der Waals surface area (Å²) in [5.41, 5.74) is 2.84. The van der Waals surface area contributed by atoms with Crippen LogP contribution >= 0.6 is 23.1 Å². The Morgan fingerprint density at radius 1 is 1.34 bits per heavy atom. The number of amides is 1. The van der Waals surface area contributed by atoms with Crippen molar-refractivity contribution in [3.05, 3.63) is 68.7 Å². The Balaban J connectivity index is 1.82. The fourth-order valence-electron chi connectivity index (χ4n) is 2.80.